The summed E-state index contributed by atoms with van der Waals surface area (Å²) < 4.78 is 11.0. The summed E-state index contributed by atoms with van der Waals surface area (Å²) in [5.74, 6) is -0.0186. The van der Waals surface area contributed by atoms with Crippen LogP contribution in [0.5, 0.6) is 0 Å². The van der Waals surface area contributed by atoms with E-state index in [-0.39, 0.29) is 30.0 Å². The summed E-state index contributed by atoms with van der Waals surface area (Å²) in [7, 11) is 0. The maximum atomic E-state index is 12.0. The maximum Gasteiger partial charge on any atom is 0.311 e. The quantitative estimate of drug-likeness (QED) is 0.733. The Kier molecular flexibility index (Phi) is 4.24. The second kappa shape index (κ2) is 6.12. The summed E-state index contributed by atoms with van der Waals surface area (Å²) in [6, 6.07) is 0. The zero-order valence-electron chi connectivity index (χ0n) is 11.9. The molecule has 3 aliphatic heterocycles. The zero-order valence-corrected chi connectivity index (χ0v) is 11.9. The molecular weight excluding hydrogens is 258 g/mol. The van der Waals surface area contributed by atoms with Crippen molar-refractivity contribution >= 4 is 11.9 Å². The number of likely N-dealkylation sites (tertiary alicyclic amines) is 1. The van der Waals surface area contributed by atoms with Gasteiger partial charge in [0.2, 0.25) is 5.91 Å². The Balaban J connectivity index is 1.41. The molecule has 3 fully saturated rings. The molecule has 0 aromatic heterocycles. The van der Waals surface area contributed by atoms with E-state index in [1.165, 1.54) is 0 Å². The molecule has 0 aliphatic carbocycles. The third kappa shape index (κ3) is 2.97. The molecule has 0 saturated carbocycles. The van der Waals surface area contributed by atoms with E-state index in [1.54, 1.807) is 0 Å². The summed E-state index contributed by atoms with van der Waals surface area (Å²) in [4.78, 5) is 25.7. The Labute approximate surface area is 119 Å². The van der Waals surface area contributed by atoms with Crippen molar-refractivity contribution in [3.05, 3.63) is 0 Å². The van der Waals surface area contributed by atoms with Crippen molar-refractivity contribution in [1.82, 2.24) is 4.90 Å². The van der Waals surface area contributed by atoms with E-state index in [2.05, 4.69) is 0 Å². The molecule has 1 amide bonds. The molecule has 112 valence electrons. The highest BCUT2D eigenvalue weighted by atomic mass is 16.5. The van der Waals surface area contributed by atoms with Crippen LogP contribution in [0.1, 0.15) is 44.9 Å². The molecule has 0 radical (unpaired) electrons. The summed E-state index contributed by atoms with van der Waals surface area (Å²) in [6.45, 7) is 1.65. The molecule has 5 heteroatoms. The minimum absolute atomic E-state index is 0.0754. The molecule has 20 heavy (non-hydrogen) atoms. The van der Waals surface area contributed by atoms with Gasteiger partial charge < -0.3 is 14.4 Å². The topological polar surface area (TPSA) is 55.8 Å². The molecule has 3 saturated heterocycles. The van der Waals surface area contributed by atoms with Gasteiger partial charge in [-0.15, -0.1) is 0 Å². The highest BCUT2D eigenvalue weighted by Gasteiger charge is 2.45. The Bertz CT molecular complexity index is 384. The largest absolute Gasteiger partial charge is 0.464 e. The fourth-order valence-corrected chi connectivity index (χ4v) is 3.52. The monoisotopic (exact) mass is 281 g/mol. The van der Waals surface area contributed by atoms with Crippen LogP contribution < -0.4 is 0 Å². The number of esters is 1. The first kappa shape index (κ1) is 13.9. The van der Waals surface area contributed by atoms with Crippen LogP contribution in [-0.4, -0.2) is 48.7 Å². The van der Waals surface area contributed by atoms with Crippen LogP contribution in [0.2, 0.25) is 0 Å². The second-order valence-electron chi connectivity index (χ2n) is 6.08. The van der Waals surface area contributed by atoms with Gasteiger partial charge in [0, 0.05) is 13.0 Å². The first-order valence-corrected chi connectivity index (χ1v) is 7.84. The first-order valence-electron chi connectivity index (χ1n) is 7.84. The lowest BCUT2D eigenvalue weighted by atomic mass is 9.89. The van der Waals surface area contributed by atoms with Crippen molar-refractivity contribution in [2.24, 2.45) is 5.92 Å². The molecule has 3 rings (SSSR count). The molecule has 2 bridgehead atoms. The molecule has 0 N–H and O–H groups in total. The lowest BCUT2D eigenvalue weighted by molar-refractivity contribution is -0.151. The van der Waals surface area contributed by atoms with E-state index in [0.29, 0.717) is 19.6 Å². The number of carbonyl (C=O) groups excluding carboxylic acids is 2. The number of nitrogens with zero attached hydrogens (tertiary/aromatic N) is 1. The van der Waals surface area contributed by atoms with Crippen LogP contribution in [0.25, 0.3) is 0 Å². The standard InChI is InChI=1S/C15H23NO4/c17-14-4-2-1-3-7-16(14)8-9-19-15(18)12-10-11-5-6-13(12)20-11/h11-13H,1-10H2. The van der Waals surface area contributed by atoms with E-state index in [1.807, 2.05) is 4.90 Å². The van der Waals surface area contributed by atoms with Gasteiger partial charge in [-0.2, -0.15) is 0 Å². The van der Waals surface area contributed by atoms with Gasteiger partial charge in [-0.05, 0) is 32.1 Å². The smallest absolute Gasteiger partial charge is 0.311 e. The highest BCUT2D eigenvalue weighted by Crippen LogP contribution is 2.39. The zero-order chi connectivity index (χ0) is 13.9. The fraction of sp³-hybridized carbons (Fsp3) is 0.867. The van der Waals surface area contributed by atoms with Gasteiger partial charge in [0.1, 0.15) is 6.61 Å². The van der Waals surface area contributed by atoms with Gasteiger partial charge in [0.05, 0.1) is 24.7 Å². The molecule has 5 nitrogen and oxygen atoms in total. The lowest BCUT2D eigenvalue weighted by Crippen LogP contribution is -2.35. The molecule has 3 aliphatic rings. The van der Waals surface area contributed by atoms with E-state index in [0.717, 1.165) is 45.1 Å². The summed E-state index contributed by atoms with van der Waals surface area (Å²) in [5.41, 5.74) is 0. The van der Waals surface area contributed by atoms with Crippen LogP contribution in [0.4, 0.5) is 0 Å². The Morgan fingerprint density at radius 3 is 2.95 bits per heavy atom. The minimum atomic E-state index is -0.139. The normalized spacial score (nSPS) is 33.3. The summed E-state index contributed by atoms with van der Waals surface area (Å²) >= 11 is 0. The van der Waals surface area contributed by atoms with Crippen LogP contribution in [-0.2, 0) is 19.1 Å². The van der Waals surface area contributed by atoms with E-state index >= 15 is 0 Å². The number of rotatable bonds is 4. The SMILES string of the molecule is O=C(OCCN1CCCCCC1=O)C1CC2CCC1O2. The van der Waals surface area contributed by atoms with Crippen molar-refractivity contribution in [2.45, 2.75) is 57.2 Å². The average Bonchev–Trinajstić information content (AvgIpc) is 3.01. The van der Waals surface area contributed by atoms with Gasteiger partial charge >= 0.3 is 5.97 Å². The van der Waals surface area contributed by atoms with Crippen molar-refractivity contribution in [3.8, 4) is 0 Å². The van der Waals surface area contributed by atoms with Crippen molar-refractivity contribution < 1.29 is 19.1 Å². The first-order chi connectivity index (χ1) is 9.74. The van der Waals surface area contributed by atoms with Crippen LogP contribution in [0.15, 0.2) is 0 Å². The van der Waals surface area contributed by atoms with E-state index in [9.17, 15) is 9.59 Å². The lowest BCUT2D eigenvalue weighted by Gasteiger charge is -2.21. The molecule has 0 aromatic rings. The van der Waals surface area contributed by atoms with Crippen LogP contribution in [0.3, 0.4) is 0 Å². The minimum Gasteiger partial charge on any atom is -0.464 e. The molecular formula is C15H23NO4. The molecule has 3 atom stereocenters. The molecule has 0 spiro atoms. The van der Waals surface area contributed by atoms with Crippen molar-refractivity contribution in [1.29, 1.82) is 0 Å². The third-order valence-corrected chi connectivity index (χ3v) is 4.69. The Morgan fingerprint density at radius 1 is 1.30 bits per heavy atom. The van der Waals surface area contributed by atoms with Crippen LogP contribution in [0, 0.1) is 5.92 Å². The number of carbonyl (C=O) groups is 2. The number of amides is 1. The Hall–Kier alpha value is -1.10. The maximum absolute atomic E-state index is 12.0. The summed E-state index contributed by atoms with van der Waals surface area (Å²) in [5, 5.41) is 0. The number of ether oxygens (including phenoxy) is 2. The molecule has 3 unspecified atom stereocenters. The summed E-state index contributed by atoms with van der Waals surface area (Å²) in [6.07, 6.45) is 7.01. The second-order valence-corrected chi connectivity index (χ2v) is 6.08. The third-order valence-electron chi connectivity index (χ3n) is 4.69. The van der Waals surface area contributed by atoms with Gasteiger partial charge in [0.25, 0.3) is 0 Å². The molecule has 0 aromatic carbocycles. The van der Waals surface area contributed by atoms with Crippen molar-refractivity contribution in [2.75, 3.05) is 19.7 Å². The predicted octanol–water partition coefficient (Wildman–Crippen LogP) is 1.50. The molecule has 3 heterocycles. The number of hydrogen-bond donors (Lipinski definition) is 0. The van der Waals surface area contributed by atoms with Gasteiger partial charge in [-0.25, -0.2) is 0 Å². The van der Waals surface area contributed by atoms with Gasteiger partial charge in [0.15, 0.2) is 0 Å². The van der Waals surface area contributed by atoms with Crippen LogP contribution >= 0.6 is 0 Å². The highest BCUT2D eigenvalue weighted by molar-refractivity contribution is 5.76. The fourth-order valence-electron chi connectivity index (χ4n) is 3.52. The van der Waals surface area contributed by atoms with Crippen molar-refractivity contribution in [3.63, 3.8) is 0 Å². The average molecular weight is 281 g/mol. The Morgan fingerprint density at radius 2 is 2.20 bits per heavy atom. The number of fused-ring (bicyclic) bond motifs is 2. The van der Waals surface area contributed by atoms with E-state index in [4.69, 9.17) is 9.47 Å². The van der Waals surface area contributed by atoms with Gasteiger partial charge in [-0.3, -0.25) is 9.59 Å². The van der Waals surface area contributed by atoms with Gasteiger partial charge in [-0.1, -0.05) is 6.42 Å². The van der Waals surface area contributed by atoms with E-state index < -0.39 is 0 Å². The number of hydrogen-bond acceptors (Lipinski definition) is 4. The predicted molar refractivity (Wildman–Crippen MR) is 72.0 cm³/mol.